The number of rotatable bonds is 0. The van der Waals surface area contributed by atoms with Crippen molar-refractivity contribution in [3.8, 4) is 22.3 Å². The summed E-state index contributed by atoms with van der Waals surface area (Å²) in [4.78, 5) is 0. The molecule has 4 aliphatic carbocycles. The van der Waals surface area contributed by atoms with Crippen molar-refractivity contribution in [1.82, 2.24) is 0 Å². The van der Waals surface area contributed by atoms with Crippen molar-refractivity contribution in [3.05, 3.63) is 183 Å². The van der Waals surface area contributed by atoms with Crippen LogP contribution in [-0.2, 0) is 10.8 Å². The minimum absolute atomic E-state index is 0.680. The van der Waals surface area contributed by atoms with E-state index in [1.54, 1.807) is 0 Å². The van der Waals surface area contributed by atoms with E-state index in [1.165, 1.54) is 33.4 Å². The Morgan fingerprint density at radius 2 is 0.587 bits per heavy atom. The average Bonchev–Trinajstić information content (AvgIpc) is 3.68. The van der Waals surface area contributed by atoms with Gasteiger partial charge in [-0.05, 0) is 151 Å². The zero-order valence-corrected chi connectivity index (χ0v) is 29.9. The van der Waals surface area contributed by atoms with Crippen molar-refractivity contribution in [2.75, 3.05) is 0 Å². The lowest BCUT2D eigenvalue weighted by atomic mass is 9.66. The Bertz CT molecular complexity index is 2180. The van der Waals surface area contributed by atoms with Crippen LogP contribution in [0, 0.1) is 0 Å². The molecule has 0 N–H and O–H groups in total. The smallest absolute Gasteiger partial charge is 0.0730 e. The fourth-order valence-corrected chi connectivity index (χ4v) is 10.5. The maximum absolute atomic E-state index is 6.88. The molecule has 0 unspecified atom stereocenters. The van der Waals surface area contributed by atoms with Crippen LogP contribution in [0.2, 0.25) is 20.1 Å². The summed E-state index contributed by atoms with van der Waals surface area (Å²) in [5.74, 6) is 0. The van der Waals surface area contributed by atoms with E-state index in [0.29, 0.717) is 20.1 Å². The molecule has 0 aromatic heterocycles. The predicted molar refractivity (Wildman–Crippen MR) is 199 cm³/mol. The second-order valence-electron chi connectivity index (χ2n) is 12.4. The van der Waals surface area contributed by atoms with Crippen molar-refractivity contribution < 1.29 is 0 Å². The molecule has 0 atom stereocenters. The van der Waals surface area contributed by atoms with E-state index in [-0.39, 0.29) is 0 Å². The molecule has 6 heteroatoms. The molecule has 0 bridgehead atoms. The summed E-state index contributed by atoms with van der Waals surface area (Å²) in [5, 5.41) is 2.78. The summed E-state index contributed by atoms with van der Waals surface area (Å²) >= 11 is 35.3. The molecular weight excluding hydrogens is 782 g/mol. The van der Waals surface area contributed by atoms with Gasteiger partial charge in [0.05, 0.1) is 10.8 Å². The van der Waals surface area contributed by atoms with Crippen molar-refractivity contribution in [2.45, 2.75) is 10.8 Å². The van der Waals surface area contributed by atoms with Crippen LogP contribution in [0.3, 0.4) is 0 Å². The first-order valence-corrected chi connectivity index (χ1v) is 17.9. The molecule has 0 saturated carbocycles. The van der Waals surface area contributed by atoms with Gasteiger partial charge in [0.25, 0.3) is 0 Å². The van der Waals surface area contributed by atoms with Crippen LogP contribution in [0.1, 0.15) is 44.5 Å². The summed E-state index contributed by atoms with van der Waals surface area (Å²) in [6.45, 7) is 0. The maximum Gasteiger partial charge on any atom is 0.0730 e. The quantitative estimate of drug-likeness (QED) is 0.144. The van der Waals surface area contributed by atoms with Gasteiger partial charge in [-0.2, -0.15) is 0 Å². The van der Waals surface area contributed by atoms with Crippen LogP contribution in [0.5, 0.6) is 0 Å². The van der Waals surface area contributed by atoms with Gasteiger partial charge in [-0.25, -0.2) is 0 Å². The van der Waals surface area contributed by atoms with Gasteiger partial charge in [0.15, 0.2) is 0 Å². The molecular formula is C40H18Br2Cl4. The predicted octanol–water partition coefficient (Wildman–Crippen LogP) is 13.4. The van der Waals surface area contributed by atoms with Gasteiger partial charge in [-0.3, -0.25) is 0 Å². The van der Waals surface area contributed by atoms with E-state index < -0.39 is 10.8 Å². The van der Waals surface area contributed by atoms with Gasteiger partial charge in [0, 0.05) is 29.0 Å². The second kappa shape index (κ2) is 9.41. The molecule has 0 radical (unpaired) electrons. The average molecular weight is 800 g/mol. The Balaban J connectivity index is 1.49. The van der Waals surface area contributed by atoms with Gasteiger partial charge in [0.2, 0.25) is 0 Å². The van der Waals surface area contributed by atoms with Crippen LogP contribution in [-0.4, -0.2) is 0 Å². The van der Waals surface area contributed by atoms with Crippen LogP contribution in [0.4, 0.5) is 0 Å². The summed E-state index contributed by atoms with van der Waals surface area (Å²) in [6, 6.07) is 38.6. The molecule has 0 aliphatic heterocycles. The van der Waals surface area contributed by atoms with E-state index in [0.717, 1.165) is 53.5 Å². The fourth-order valence-electron chi connectivity index (χ4n) is 9.06. The van der Waals surface area contributed by atoms with E-state index in [4.69, 9.17) is 46.4 Å². The molecule has 46 heavy (non-hydrogen) atoms. The zero-order valence-electron chi connectivity index (χ0n) is 23.7. The zero-order chi connectivity index (χ0) is 31.3. The largest absolute Gasteiger partial charge is 0.0843 e. The molecule has 220 valence electrons. The molecule has 4 aliphatic rings. The third-order valence-electron chi connectivity index (χ3n) is 10.4. The van der Waals surface area contributed by atoms with Gasteiger partial charge < -0.3 is 0 Å². The van der Waals surface area contributed by atoms with Crippen molar-refractivity contribution in [3.63, 3.8) is 0 Å². The van der Waals surface area contributed by atoms with E-state index in [2.05, 4.69) is 117 Å². The maximum atomic E-state index is 6.88. The molecule has 0 nitrogen and oxygen atoms in total. The Labute approximate surface area is 302 Å². The van der Waals surface area contributed by atoms with Crippen molar-refractivity contribution >= 4 is 89.4 Å². The number of hydrogen-bond acceptors (Lipinski definition) is 0. The number of hydrogen-bond donors (Lipinski definition) is 0. The molecule has 0 fully saturated rings. The highest BCUT2D eigenvalue weighted by molar-refractivity contribution is 9.10. The summed E-state index contributed by atoms with van der Waals surface area (Å²) in [5.41, 5.74) is 15.2. The topological polar surface area (TPSA) is 0 Å². The fraction of sp³-hybridized carbons (Fsp3) is 0.0500. The molecule has 6 aromatic rings. The monoisotopic (exact) mass is 796 g/mol. The van der Waals surface area contributed by atoms with Crippen molar-refractivity contribution in [1.29, 1.82) is 0 Å². The van der Waals surface area contributed by atoms with E-state index in [1.807, 2.05) is 24.3 Å². The SMILES string of the molecule is Clc1ccc2c(c1)C1(C3=C(c4ccc(Br)cc41)C1(c4cc(Br)ccc43)c3cc(Cl)ccc3-c3ccc(Cl)cc31)c1cc(Cl)ccc1-2. The minimum atomic E-state index is -0.680. The third-order valence-corrected chi connectivity index (χ3v) is 12.4. The van der Waals surface area contributed by atoms with Gasteiger partial charge in [0.1, 0.15) is 0 Å². The van der Waals surface area contributed by atoms with Crippen LogP contribution < -0.4 is 0 Å². The first-order valence-electron chi connectivity index (χ1n) is 14.8. The highest BCUT2D eigenvalue weighted by Gasteiger charge is 2.63. The number of fused-ring (bicyclic) bond motifs is 18. The number of halogens is 6. The third kappa shape index (κ3) is 3.24. The molecule has 10 rings (SSSR count). The lowest BCUT2D eigenvalue weighted by Gasteiger charge is -2.35. The summed E-state index contributed by atoms with van der Waals surface area (Å²) < 4.78 is 2.02. The van der Waals surface area contributed by atoms with Crippen LogP contribution in [0.25, 0.3) is 33.4 Å². The standard InChI is InChI=1S/C40H18Br2Cl4/c41-19-1-7-29-31(13-19)39(33-15-21(43)3-9-25(33)26-10-4-22(44)16-34(26)39)38-30-8-2-20(42)14-32(30)40(37(29)38)35-17-23(45)5-11-27(35)28-12-6-24(46)18-36(28)40/h1-18H. The van der Waals surface area contributed by atoms with E-state index >= 15 is 0 Å². The Kier molecular flexibility index (Phi) is 5.77. The van der Waals surface area contributed by atoms with E-state index in [9.17, 15) is 0 Å². The van der Waals surface area contributed by atoms with Crippen LogP contribution >= 0.6 is 78.3 Å². The normalized spacial score (nSPS) is 16.3. The van der Waals surface area contributed by atoms with Gasteiger partial charge >= 0.3 is 0 Å². The molecule has 0 heterocycles. The first kappa shape index (κ1) is 28.2. The Morgan fingerprint density at radius 3 is 0.891 bits per heavy atom. The van der Waals surface area contributed by atoms with Gasteiger partial charge in [-0.15, -0.1) is 0 Å². The minimum Gasteiger partial charge on any atom is -0.0843 e. The highest BCUT2D eigenvalue weighted by atomic mass is 79.9. The molecule has 2 spiro atoms. The van der Waals surface area contributed by atoms with Crippen LogP contribution in [0.15, 0.2) is 118 Å². The first-order chi connectivity index (χ1) is 22.2. The molecule has 0 saturated heterocycles. The Hall–Kier alpha value is -2.82. The lowest BCUT2D eigenvalue weighted by Crippen LogP contribution is -2.28. The number of allylic oxidation sites excluding steroid dienone is 2. The highest BCUT2D eigenvalue weighted by Crippen LogP contribution is 2.75. The summed E-state index contributed by atoms with van der Waals surface area (Å²) in [7, 11) is 0. The Morgan fingerprint density at radius 1 is 0.326 bits per heavy atom. The summed E-state index contributed by atoms with van der Waals surface area (Å²) in [6.07, 6.45) is 0. The molecule has 6 aromatic carbocycles. The lowest BCUT2D eigenvalue weighted by molar-refractivity contribution is 0.825. The van der Waals surface area contributed by atoms with Gasteiger partial charge in [-0.1, -0.05) is 115 Å². The molecule has 0 amide bonds. The van der Waals surface area contributed by atoms with Crippen molar-refractivity contribution in [2.24, 2.45) is 0 Å². The number of benzene rings is 6. The second-order valence-corrected chi connectivity index (χ2v) is 16.0.